The average Bonchev–Trinajstić information content (AvgIpc) is 2.39. The lowest BCUT2D eigenvalue weighted by molar-refractivity contribution is -0.345. The van der Waals surface area contributed by atoms with Crippen LogP contribution in [0.4, 0.5) is 0 Å². The Bertz CT molecular complexity index is 487. The molecule has 0 aromatic heterocycles. The Labute approximate surface area is 118 Å². The highest BCUT2D eigenvalue weighted by Crippen LogP contribution is 2.39. The normalized spacial score (nSPS) is 36.4. The molecule has 2 heterocycles. The monoisotopic (exact) mass is 280 g/mol. The van der Waals surface area contributed by atoms with E-state index in [-0.39, 0.29) is 24.1 Å². The third kappa shape index (κ3) is 2.54. The van der Waals surface area contributed by atoms with Crippen molar-refractivity contribution in [2.75, 3.05) is 6.61 Å². The number of para-hydroxylation sites is 1. The second-order valence-corrected chi connectivity index (χ2v) is 5.82. The molecule has 0 amide bonds. The van der Waals surface area contributed by atoms with Gasteiger partial charge < -0.3 is 24.4 Å². The van der Waals surface area contributed by atoms with Crippen LogP contribution in [0.15, 0.2) is 24.3 Å². The van der Waals surface area contributed by atoms with Gasteiger partial charge in [0.25, 0.3) is 0 Å². The Hall–Kier alpha value is -1.14. The summed E-state index contributed by atoms with van der Waals surface area (Å²) < 4.78 is 17.3. The van der Waals surface area contributed by atoms with Crippen molar-refractivity contribution in [3.8, 4) is 5.75 Å². The van der Waals surface area contributed by atoms with Crippen LogP contribution in [0.2, 0.25) is 0 Å². The zero-order valence-electron chi connectivity index (χ0n) is 11.7. The summed E-state index contributed by atoms with van der Waals surface area (Å²) in [4.78, 5) is 0. The molecule has 20 heavy (non-hydrogen) atoms. The van der Waals surface area contributed by atoms with E-state index in [1.807, 2.05) is 26.0 Å². The minimum Gasteiger partial charge on any atom is -0.508 e. The van der Waals surface area contributed by atoms with Gasteiger partial charge >= 0.3 is 0 Å². The van der Waals surface area contributed by atoms with Crippen LogP contribution in [0.5, 0.6) is 5.75 Å². The number of fused-ring (bicyclic) bond motifs is 1. The molecule has 1 unspecified atom stereocenters. The largest absolute Gasteiger partial charge is 0.508 e. The van der Waals surface area contributed by atoms with Crippen molar-refractivity contribution < 1.29 is 24.4 Å². The molecule has 0 bridgehead atoms. The second kappa shape index (κ2) is 5.00. The van der Waals surface area contributed by atoms with Crippen molar-refractivity contribution in [1.82, 2.24) is 0 Å². The number of phenolic OH excluding ortho intramolecular Hbond substituents is 1. The number of rotatable bonds is 1. The van der Waals surface area contributed by atoms with Gasteiger partial charge in [-0.1, -0.05) is 18.2 Å². The van der Waals surface area contributed by atoms with E-state index < -0.39 is 11.9 Å². The molecule has 0 aliphatic carbocycles. The standard InChI is InChI=1S/C15H20O5/c1-15(2)18-8-13-14(20-15)11(17)7-12(19-13)9-5-3-4-6-10(9)16/h3-6,11-14,16-17H,7-8H2,1-2H3/t11-,12?,13-,14+/m1/s1. The predicted molar refractivity (Wildman–Crippen MR) is 71.2 cm³/mol. The van der Waals surface area contributed by atoms with Crippen molar-refractivity contribution in [2.24, 2.45) is 0 Å². The summed E-state index contributed by atoms with van der Waals surface area (Å²) in [7, 11) is 0. The number of ether oxygens (including phenoxy) is 3. The molecule has 0 spiro atoms. The average molecular weight is 280 g/mol. The Kier molecular flexibility index (Phi) is 3.46. The van der Waals surface area contributed by atoms with E-state index in [1.54, 1.807) is 12.1 Å². The summed E-state index contributed by atoms with van der Waals surface area (Å²) in [6.45, 7) is 4.02. The van der Waals surface area contributed by atoms with Crippen LogP contribution in [0.25, 0.3) is 0 Å². The predicted octanol–water partition coefficient (Wildman–Crippen LogP) is 1.73. The molecule has 2 aliphatic rings. The van der Waals surface area contributed by atoms with E-state index >= 15 is 0 Å². The quantitative estimate of drug-likeness (QED) is 0.820. The van der Waals surface area contributed by atoms with E-state index in [2.05, 4.69) is 0 Å². The van der Waals surface area contributed by atoms with Gasteiger partial charge in [0.1, 0.15) is 18.0 Å². The van der Waals surface area contributed by atoms with Crippen molar-refractivity contribution in [1.29, 1.82) is 0 Å². The topological polar surface area (TPSA) is 68.2 Å². The molecule has 5 nitrogen and oxygen atoms in total. The lowest BCUT2D eigenvalue weighted by Gasteiger charge is -2.47. The highest BCUT2D eigenvalue weighted by molar-refractivity contribution is 5.34. The minimum absolute atomic E-state index is 0.182. The van der Waals surface area contributed by atoms with Crippen LogP contribution in [0.3, 0.4) is 0 Å². The number of hydrogen-bond acceptors (Lipinski definition) is 5. The van der Waals surface area contributed by atoms with Crippen molar-refractivity contribution in [2.45, 2.75) is 50.5 Å². The lowest BCUT2D eigenvalue weighted by Crippen LogP contribution is -2.57. The van der Waals surface area contributed by atoms with Gasteiger partial charge in [-0.2, -0.15) is 0 Å². The molecule has 0 radical (unpaired) electrons. The fourth-order valence-electron chi connectivity index (χ4n) is 2.84. The number of aromatic hydroxyl groups is 1. The Morgan fingerprint density at radius 2 is 2.00 bits per heavy atom. The highest BCUT2D eigenvalue weighted by Gasteiger charge is 2.46. The van der Waals surface area contributed by atoms with Gasteiger partial charge in [-0.05, 0) is 19.9 Å². The van der Waals surface area contributed by atoms with Gasteiger partial charge in [0.05, 0.1) is 18.8 Å². The van der Waals surface area contributed by atoms with E-state index in [1.165, 1.54) is 0 Å². The summed E-state index contributed by atoms with van der Waals surface area (Å²) in [6, 6.07) is 7.03. The summed E-state index contributed by atoms with van der Waals surface area (Å²) >= 11 is 0. The molecule has 2 aliphatic heterocycles. The van der Waals surface area contributed by atoms with Crippen LogP contribution >= 0.6 is 0 Å². The molecule has 2 N–H and O–H groups in total. The number of aliphatic hydroxyl groups excluding tert-OH is 1. The lowest BCUT2D eigenvalue weighted by atomic mass is 9.92. The maximum atomic E-state index is 10.3. The first-order valence-corrected chi connectivity index (χ1v) is 6.89. The Morgan fingerprint density at radius 1 is 1.25 bits per heavy atom. The SMILES string of the molecule is CC1(C)OC[C@H]2OC(c3ccccc3O)C[C@@H](O)[C@@H]2O1. The minimum atomic E-state index is -0.701. The maximum absolute atomic E-state index is 10.3. The first kappa shape index (κ1) is 13.8. The van der Waals surface area contributed by atoms with Crippen LogP contribution < -0.4 is 0 Å². The summed E-state index contributed by atoms with van der Waals surface area (Å²) in [5, 5.41) is 20.2. The van der Waals surface area contributed by atoms with Crippen LogP contribution in [-0.4, -0.2) is 40.9 Å². The van der Waals surface area contributed by atoms with Gasteiger partial charge in [0.2, 0.25) is 0 Å². The van der Waals surface area contributed by atoms with Gasteiger partial charge in [-0.25, -0.2) is 0 Å². The zero-order chi connectivity index (χ0) is 14.3. The number of phenols is 1. The third-order valence-corrected chi connectivity index (χ3v) is 3.84. The summed E-state index contributed by atoms with van der Waals surface area (Å²) in [5.41, 5.74) is 0.690. The van der Waals surface area contributed by atoms with Gasteiger partial charge in [-0.3, -0.25) is 0 Å². The van der Waals surface area contributed by atoms with Gasteiger partial charge in [0.15, 0.2) is 5.79 Å². The molecule has 0 saturated carbocycles. The Morgan fingerprint density at radius 3 is 2.75 bits per heavy atom. The van der Waals surface area contributed by atoms with Crippen molar-refractivity contribution in [3.63, 3.8) is 0 Å². The number of benzene rings is 1. The molecule has 2 fully saturated rings. The van der Waals surface area contributed by atoms with E-state index in [9.17, 15) is 10.2 Å². The maximum Gasteiger partial charge on any atom is 0.163 e. The van der Waals surface area contributed by atoms with E-state index in [0.29, 0.717) is 18.6 Å². The highest BCUT2D eigenvalue weighted by atomic mass is 16.7. The molecular formula is C15H20O5. The fraction of sp³-hybridized carbons (Fsp3) is 0.600. The third-order valence-electron chi connectivity index (χ3n) is 3.84. The zero-order valence-corrected chi connectivity index (χ0v) is 11.7. The van der Waals surface area contributed by atoms with E-state index in [0.717, 1.165) is 0 Å². The second-order valence-electron chi connectivity index (χ2n) is 5.82. The Balaban J connectivity index is 1.79. The van der Waals surface area contributed by atoms with Crippen molar-refractivity contribution in [3.05, 3.63) is 29.8 Å². The molecule has 110 valence electrons. The molecule has 1 aromatic rings. The molecular weight excluding hydrogens is 260 g/mol. The first-order chi connectivity index (χ1) is 9.46. The molecule has 3 rings (SSSR count). The first-order valence-electron chi connectivity index (χ1n) is 6.89. The number of hydrogen-bond donors (Lipinski definition) is 2. The van der Waals surface area contributed by atoms with Crippen molar-refractivity contribution >= 4 is 0 Å². The van der Waals surface area contributed by atoms with Crippen LogP contribution in [-0.2, 0) is 14.2 Å². The molecule has 2 saturated heterocycles. The molecule has 4 atom stereocenters. The van der Waals surface area contributed by atoms with Gasteiger partial charge in [-0.15, -0.1) is 0 Å². The summed E-state index contributed by atoms with van der Waals surface area (Å²) in [5.74, 6) is -0.520. The smallest absolute Gasteiger partial charge is 0.163 e. The fourth-order valence-corrected chi connectivity index (χ4v) is 2.84. The summed E-state index contributed by atoms with van der Waals surface area (Å²) in [6.07, 6.45) is -1.30. The van der Waals surface area contributed by atoms with Crippen LogP contribution in [0.1, 0.15) is 31.9 Å². The van der Waals surface area contributed by atoms with Crippen LogP contribution in [0, 0.1) is 0 Å². The molecule has 5 heteroatoms. The number of aliphatic hydroxyl groups is 1. The van der Waals surface area contributed by atoms with Gasteiger partial charge in [0, 0.05) is 12.0 Å². The molecule has 1 aromatic carbocycles. The van der Waals surface area contributed by atoms with E-state index in [4.69, 9.17) is 14.2 Å².